The number of nitrogens with two attached hydrogens (primary N) is 1. The van der Waals surface area contributed by atoms with E-state index in [9.17, 15) is 18.8 Å². The molecule has 1 aliphatic carbocycles. The number of para-hydroxylation sites is 1. The molecule has 1 saturated heterocycles. The summed E-state index contributed by atoms with van der Waals surface area (Å²) in [5.41, 5.74) is 5.41. The molecule has 3 atom stereocenters. The molecular formula is C27H38FN5O3. The van der Waals surface area contributed by atoms with Crippen molar-refractivity contribution in [3.63, 3.8) is 0 Å². The first-order valence-electron chi connectivity index (χ1n) is 13.0. The number of hydrogen-bond acceptors (Lipinski definition) is 4. The van der Waals surface area contributed by atoms with Crippen LogP contribution in [0.25, 0.3) is 11.0 Å². The largest absolute Gasteiger partial charge is 0.369 e. The summed E-state index contributed by atoms with van der Waals surface area (Å²) in [5, 5.41) is 2.93. The molecule has 2 aromatic rings. The van der Waals surface area contributed by atoms with E-state index in [1.54, 1.807) is 19.1 Å². The Balaban J connectivity index is 1.59. The molecule has 2 aliphatic rings. The van der Waals surface area contributed by atoms with Gasteiger partial charge in [0.05, 0.1) is 22.9 Å². The molecule has 3 amide bonds. The summed E-state index contributed by atoms with van der Waals surface area (Å²) in [6.07, 6.45) is 4.66. The lowest BCUT2D eigenvalue weighted by atomic mass is 9.48. The Labute approximate surface area is 211 Å². The summed E-state index contributed by atoms with van der Waals surface area (Å²) < 4.78 is 14.1. The first-order chi connectivity index (χ1) is 17.0. The minimum Gasteiger partial charge on any atom is -0.369 e. The number of halogens is 1. The van der Waals surface area contributed by atoms with Crippen molar-refractivity contribution in [1.29, 1.82) is 0 Å². The van der Waals surface area contributed by atoms with Crippen LogP contribution in [0.15, 0.2) is 18.2 Å². The fraction of sp³-hybridized carbons (Fsp3) is 0.630. The van der Waals surface area contributed by atoms with Crippen LogP contribution in [0.4, 0.5) is 4.39 Å². The van der Waals surface area contributed by atoms with E-state index in [1.807, 2.05) is 18.7 Å². The third-order valence-electron chi connectivity index (χ3n) is 8.11. The minimum absolute atomic E-state index is 0.0666. The standard InChI is InChI=1S/C27H38FN5O3/c1-5-17-9-6-7-12-33(17)21(34)13-18(27(25(29)36)14-26(3,4)15-27)24(35)30-16(2)23-31-20-11-8-10-19(28)22(20)32-23/h8,10-11,16-18H,5-7,9,12-15H2,1-4H3,(H2,29,36)(H,30,35)(H,31,32)/t16-,17-,18+/m0/s1. The van der Waals surface area contributed by atoms with Gasteiger partial charge in [-0.1, -0.05) is 26.8 Å². The van der Waals surface area contributed by atoms with Crippen LogP contribution in [0.1, 0.15) is 84.5 Å². The zero-order valence-electron chi connectivity index (χ0n) is 21.7. The zero-order chi connectivity index (χ0) is 26.3. The third kappa shape index (κ3) is 4.84. The average molecular weight is 500 g/mol. The van der Waals surface area contributed by atoms with Crippen molar-refractivity contribution in [2.45, 2.75) is 84.7 Å². The highest BCUT2D eigenvalue weighted by Gasteiger charge is 2.60. The molecule has 1 saturated carbocycles. The summed E-state index contributed by atoms with van der Waals surface area (Å²) in [7, 11) is 0. The molecule has 0 spiro atoms. The number of nitrogens with one attached hydrogen (secondary N) is 2. The Kier molecular flexibility index (Phi) is 7.12. The number of rotatable bonds is 8. The Hall–Kier alpha value is -2.97. The van der Waals surface area contributed by atoms with Crippen molar-refractivity contribution in [3.05, 3.63) is 29.8 Å². The smallest absolute Gasteiger partial charge is 0.225 e. The molecule has 2 heterocycles. The lowest BCUT2D eigenvalue weighted by molar-refractivity contribution is -0.161. The van der Waals surface area contributed by atoms with Crippen molar-refractivity contribution >= 4 is 28.8 Å². The molecule has 196 valence electrons. The van der Waals surface area contributed by atoms with Gasteiger partial charge in [0.15, 0.2) is 5.82 Å². The molecule has 1 aliphatic heterocycles. The molecule has 4 rings (SSSR count). The topological polar surface area (TPSA) is 121 Å². The fourth-order valence-corrected chi connectivity index (χ4v) is 6.44. The number of primary amides is 1. The van der Waals surface area contributed by atoms with Gasteiger partial charge in [-0.3, -0.25) is 14.4 Å². The predicted octanol–water partition coefficient (Wildman–Crippen LogP) is 3.97. The van der Waals surface area contributed by atoms with Gasteiger partial charge >= 0.3 is 0 Å². The highest BCUT2D eigenvalue weighted by Crippen LogP contribution is 2.59. The van der Waals surface area contributed by atoms with Crippen molar-refractivity contribution in [2.75, 3.05) is 6.54 Å². The molecule has 2 fully saturated rings. The van der Waals surface area contributed by atoms with Crippen molar-refractivity contribution in [1.82, 2.24) is 20.2 Å². The lowest BCUT2D eigenvalue weighted by Gasteiger charge is -2.54. The van der Waals surface area contributed by atoms with Gasteiger partial charge in [-0.05, 0) is 63.0 Å². The number of likely N-dealkylation sites (tertiary alicyclic amines) is 1. The minimum atomic E-state index is -1.08. The van der Waals surface area contributed by atoms with E-state index >= 15 is 0 Å². The predicted molar refractivity (Wildman–Crippen MR) is 135 cm³/mol. The van der Waals surface area contributed by atoms with Crippen LogP contribution in [0.3, 0.4) is 0 Å². The van der Waals surface area contributed by atoms with Crippen LogP contribution >= 0.6 is 0 Å². The second kappa shape index (κ2) is 9.82. The first kappa shape index (κ1) is 26.1. The Morgan fingerprint density at radius 3 is 2.61 bits per heavy atom. The highest BCUT2D eigenvalue weighted by atomic mass is 19.1. The number of hydrogen-bond donors (Lipinski definition) is 3. The molecule has 4 N–H and O–H groups in total. The maximum Gasteiger partial charge on any atom is 0.225 e. The number of imidazole rings is 1. The number of aromatic nitrogens is 2. The second-order valence-corrected chi connectivity index (χ2v) is 11.4. The Morgan fingerprint density at radius 2 is 2.00 bits per heavy atom. The highest BCUT2D eigenvalue weighted by molar-refractivity contribution is 5.94. The molecule has 1 aromatic heterocycles. The van der Waals surface area contributed by atoms with Gasteiger partial charge in [-0.25, -0.2) is 9.37 Å². The maximum atomic E-state index is 14.1. The van der Waals surface area contributed by atoms with Crippen molar-refractivity contribution < 1.29 is 18.8 Å². The summed E-state index contributed by atoms with van der Waals surface area (Å²) >= 11 is 0. The number of piperidine rings is 1. The molecule has 0 unspecified atom stereocenters. The van der Waals surface area contributed by atoms with Crippen LogP contribution in [0.2, 0.25) is 0 Å². The molecular weight excluding hydrogens is 461 g/mol. The van der Waals surface area contributed by atoms with E-state index in [-0.39, 0.29) is 29.3 Å². The van der Waals surface area contributed by atoms with E-state index in [0.717, 1.165) is 25.7 Å². The Bertz CT molecular complexity index is 1150. The van der Waals surface area contributed by atoms with Crippen LogP contribution in [0, 0.1) is 22.6 Å². The monoisotopic (exact) mass is 499 g/mol. The van der Waals surface area contributed by atoms with Gasteiger partial charge in [-0.2, -0.15) is 0 Å². The first-order valence-corrected chi connectivity index (χ1v) is 13.0. The van der Waals surface area contributed by atoms with Crippen LogP contribution in [-0.2, 0) is 14.4 Å². The van der Waals surface area contributed by atoms with Gasteiger partial charge in [-0.15, -0.1) is 0 Å². The van der Waals surface area contributed by atoms with Gasteiger partial charge in [0, 0.05) is 19.0 Å². The summed E-state index contributed by atoms with van der Waals surface area (Å²) in [5.74, 6) is -2.00. The number of carbonyl (C=O) groups is 3. The van der Waals surface area contributed by atoms with E-state index in [2.05, 4.69) is 22.2 Å². The summed E-state index contributed by atoms with van der Waals surface area (Å²) in [6.45, 7) is 8.55. The average Bonchev–Trinajstić information content (AvgIpc) is 3.26. The normalized spacial score (nSPS) is 22.5. The van der Waals surface area contributed by atoms with E-state index in [0.29, 0.717) is 30.7 Å². The number of H-pyrrole nitrogens is 1. The van der Waals surface area contributed by atoms with Gasteiger partial charge in [0.2, 0.25) is 17.7 Å². The second-order valence-electron chi connectivity index (χ2n) is 11.4. The molecule has 1 aromatic carbocycles. The van der Waals surface area contributed by atoms with Crippen molar-refractivity contribution in [3.8, 4) is 0 Å². The van der Waals surface area contributed by atoms with E-state index in [4.69, 9.17) is 5.73 Å². The number of carbonyl (C=O) groups excluding carboxylic acids is 3. The number of fused-ring (bicyclic) bond motifs is 1. The van der Waals surface area contributed by atoms with Gasteiger partial charge in [0.25, 0.3) is 0 Å². The molecule has 8 nitrogen and oxygen atoms in total. The van der Waals surface area contributed by atoms with E-state index in [1.165, 1.54) is 6.07 Å². The SMILES string of the molecule is CC[C@H]1CCCCN1C(=O)C[C@H](C(=O)N[C@@H](C)c1nc2c(F)cccc2[nH]1)C1(C(N)=O)CC(C)(C)C1. The van der Waals surface area contributed by atoms with Crippen LogP contribution in [-0.4, -0.2) is 45.2 Å². The summed E-state index contributed by atoms with van der Waals surface area (Å²) in [4.78, 5) is 49.3. The zero-order valence-corrected chi connectivity index (χ0v) is 21.7. The van der Waals surface area contributed by atoms with E-state index < -0.39 is 35.0 Å². The lowest BCUT2D eigenvalue weighted by Crippen LogP contribution is -2.60. The molecule has 36 heavy (non-hydrogen) atoms. The summed E-state index contributed by atoms with van der Waals surface area (Å²) in [6, 6.07) is 4.20. The van der Waals surface area contributed by atoms with Crippen molar-refractivity contribution in [2.24, 2.45) is 22.5 Å². The van der Waals surface area contributed by atoms with Crippen LogP contribution in [0.5, 0.6) is 0 Å². The molecule has 9 heteroatoms. The molecule has 0 bridgehead atoms. The quantitative estimate of drug-likeness (QED) is 0.509. The van der Waals surface area contributed by atoms with Gasteiger partial charge in [0.1, 0.15) is 11.3 Å². The third-order valence-corrected chi connectivity index (χ3v) is 8.11. The van der Waals surface area contributed by atoms with Crippen LogP contribution < -0.4 is 11.1 Å². The number of aromatic amines is 1. The molecule has 0 radical (unpaired) electrons. The fourth-order valence-electron chi connectivity index (χ4n) is 6.44. The maximum absolute atomic E-state index is 14.1. The van der Waals surface area contributed by atoms with Gasteiger partial charge < -0.3 is 20.9 Å². The number of benzene rings is 1. The number of amides is 3. The number of nitrogens with zero attached hydrogens (tertiary/aromatic N) is 2. The Morgan fingerprint density at radius 1 is 1.28 bits per heavy atom.